The lowest BCUT2D eigenvalue weighted by atomic mass is 10.1. The summed E-state index contributed by atoms with van der Waals surface area (Å²) in [6.45, 7) is -1.52. The lowest BCUT2D eigenvalue weighted by Crippen LogP contribution is -2.43. The third-order valence-electron chi connectivity index (χ3n) is 4.88. The van der Waals surface area contributed by atoms with Crippen molar-refractivity contribution >= 4 is 26.3 Å². The van der Waals surface area contributed by atoms with Crippen molar-refractivity contribution < 1.29 is 48.4 Å². The summed E-state index contributed by atoms with van der Waals surface area (Å²) in [5.74, 6) is -3.04. The molecule has 2 aromatic rings. The molecule has 0 saturated carbocycles. The molecule has 1 unspecified atom stereocenters. The Balaban J connectivity index is 1.59. The molecule has 0 aliphatic carbocycles. The number of benzene rings is 1. The number of phosphoric ester groups is 1. The summed E-state index contributed by atoms with van der Waals surface area (Å²) >= 11 is 4.92. The number of hydrogen-bond donors (Lipinski definition) is 3. The molecule has 0 amide bonds. The molecular weight excluding hydrogens is 486 g/mol. The molecule has 0 radical (unpaired) electrons. The molecule has 178 valence electrons. The van der Waals surface area contributed by atoms with E-state index in [9.17, 15) is 24.4 Å². The van der Waals surface area contributed by atoms with Gasteiger partial charge in [-0.25, -0.2) is 8.96 Å². The van der Waals surface area contributed by atoms with Crippen molar-refractivity contribution in [2.24, 2.45) is 0 Å². The second kappa shape index (κ2) is 8.72. The van der Waals surface area contributed by atoms with Crippen molar-refractivity contribution in [3.63, 3.8) is 0 Å². The molecule has 12 nitrogen and oxygen atoms in total. The van der Waals surface area contributed by atoms with E-state index in [0.717, 1.165) is 6.20 Å². The number of fused-ring (bicyclic) bond motifs is 1. The van der Waals surface area contributed by atoms with Crippen LogP contribution in [0.4, 0.5) is 4.39 Å². The number of aromatic amines is 1. The van der Waals surface area contributed by atoms with Gasteiger partial charge in [-0.3, -0.25) is 28.2 Å². The standard InChI is InChI=1S/C18H18FN2O10PS/c1-27-11-4-2-3-9-7-28-32(26,31-13(9)11)29-8-18(19)14(24)12(23)16(30-18)21-5-10(6-22)15(25)20-17(21)33/h2-6,12,14,16,23-24H,7-8H2,1H3,(H,20,25,33)/t12-,14+,16-,18-,32?/m1/s1/i16D. The smallest absolute Gasteiger partial charge is 0.493 e. The van der Waals surface area contributed by atoms with Crippen molar-refractivity contribution in [3.05, 3.63) is 50.6 Å². The minimum absolute atomic E-state index is 0.0520. The second-order valence-electron chi connectivity index (χ2n) is 6.98. The Bertz CT molecular complexity index is 1290. The minimum atomic E-state index is -4.44. The number of nitrogens with zero attached hydrogens (tertiary/aromatic N) is 1. The Morgan fingerprint density at radius 3 is 2.97 bits per heavy atom. The van der Waals surface area contributed by atoms with E-state index in [1.54, 1.807) is 12.1 Å². The van der Waals surface area contributed by atoms with Crippen molar-refractivity contribution in [1.29, 1.82) is 0 Å². The Morgan fingerprint density at radius 1 is 1.52 bits per heavy atom. The summed E-state index contributed by atoms with van der Waals surface area (Å²) in [6.07, 6.45) is -6.62. The first-order chi connectivity index (χ1) is 16.0. The SMILES string of the molecule is [2H][C@@]1(n2cc(C=O)c(=O)[nH]c2=S)O[C@](F)(COP2(=O)OCc3cccc(OC)c3O2)[C@@H](O)[C@H]1O. The first-order valence-corrected chi connectivity index (χ1v) is 11.1. The highest BCUT2D eigenvalue weighted by atomic mass is 32.1. The van der Waals surface area contributed by atoms with Crippen LogP contribution in [-0.4, -0.2) is 57.8 Å². The number of ether oxygens (including phenoxy) is 2. The van der Waals surface area contributed by atoms with Crippen molar-refractivity contribution in [2.45, 2.75) is 30.9 Å². The molecule has 4 rings (SSSR count). The van der Waals surface area contributed by atoms with E-state index < -0.39 is 54.6 Å². The van der Waals surface area contributed by atoms with Gasteiger partial charge < -0.3 is 24.2 Å². The molecule has 0 spiro atoms. The van der Waals surface area contributed by atoms with Gasteiger partial charge in [-0.05, 0) is 18.3 Å². The molecule has 2 aliphatic rings. The van der Waals surface area contributed by atoms with Crippen molar-refractivity contribution in [2.75, 3.05) is 13.7 Å². The van der Waals surface area contributed by atoms with Gasteiger partial charge in [0.1, 0.15) is 18.8 Å². The molecule has 1 fully saturated rings. The molecule has 2 aliphatic heterocycles. The van der Waals surface area contributed by atoms with Gasteiger partial charge in [0.25, 0.3) is 11.4 Å². The highest BCUT2D eigenvalue weighted by Gasteiger charge is 2.57. The number of carbonyl (C=O) groups excluding carboxylic acids is 1. The maximum Gasteiger partial charge on any atom is 0.530 e. The fraction of sp³-hybridized carbons (Fsp3) is 0.389. The molecule has 0 bridgehead atoms. The fourth-order valence-corrected chi connectivity index (χ4v) is 4.64. The normalized spacial score (nSPS) is 33.6. The number of H-pyrrole nitrogens is 1. The molecule has 3 heterocycles. The van der Waals surface area contributed by atoms with E-state index >= 15 is 4.39 Å². The van der Waals surface area contributed by atoms with Gasteiger partial charge in [-0.15, -0.1) is 0 Å². The van der Waals surface area contributed by atoms with E-state index in [1.807, 2.05) is 0 Å². The molecule has 5 atom stereocenters. The maximum absolute atomic E-state index is 15.6. The average molecular weight is 505 g/mol. The summed E-state index contributed by atoms with van der Waals surface area (Å²) in [5, 5.41) is 20.7. The van der Waals surface area contributed by atoms with Crippen LogP contribution in [0.3, 0.4) is 0 Å². The fourth-order valence-electron chi connectivity index (χ4n) is 3.16. The molecule has 1 aromatic heterocycles. The zero-order valence-electron chi connectivity index (χ0n) is 17.8. The molecule has 15 heteroatoms. The van der Waals surface area contributed by atoms with Crippen molar-refractivity contribution in [3.8, 4) is 11.5 Å². The number of aliphatic hydroxyl groups excluding tert-OH is 2. The Morgan fingerprint density at radius 2 is 2.27 bits per heavy atom. The first kappa shape index (κ1) is 22.3. The number of carbonyl (C=O) groups is 1. The van der Waals surface area contributed by atoms with Crippen LogP contribution in [0.15, 0.2) is 29.2 Å². The van der Waals surface area contributed by atoms with Gasteiger partial charge in [-0.1, -0.05) is 12.1 Å². The molecule has 33 heavy (non-hydrogen) atoms. The first-order valence-electron chi connectivity index (χ1n) is 9.78. The van der Waals surface area contributed by atoms with Gasteiger partial charge in [0.2, 0.25) is 0 Å². The molecule has 3 N–H and O–H groups in total. The predicted octanol–water partition coefficient (Wildman–Crippen LogP) is 1.38. The van der Waals surface area contributed by atoms with E-state index in [2.05, 4.69) is 4.98 Å². The highest BCUT2D eigenvalue weighted by molar-refractivity contribution is 7.71. The average Bonchev–Trinajstić information content (AvgIpc) is 2.98. The van der Waals surface area contributed by atoms with Gasteiger partial charge in [0.05, 0.1) is 20.7 Å². The molecular formula is C18H18FN2O10PS. The summed E-state index contributed by atoms with van der Waals surface area (Å²) in [5.41, 5.74) is -0.900. The highest BCUT2D eigenvalue weighted by Crippen LogP contribution is 2.57. The number of halogens is 1. The van der Waals surface area contributed by atoms with Crippen LogP contribution in [0.1, 0.15) is 23.5 Å². The van der Waals surface area contributed by atoms with Crippen LogP contribution in [0.2, 0.25) is 0 Å². The van der Waals surface area contributed by atoms with Crippen LogP contribution >= 0.6 is 20.0 Å². The number of aliphatic hydroxyl groups is 2. The number of aromatic nitrogens is 2. The van der Waals surface area contributed by atoms with Gasteiger partial charge in [0.15, 0.2) is 28.8 Å². The predicted molar refractivity (Wildman–Crippen MR) is 109 cm³/mol. The van der Waals surface area contributed by atoms with Crippen LogP contribution in [0.25, 0.3) is 0 Å². The summed E-state index contributed by atoms with van der Waals surface area (Å²) in [6, 6.07) is 4.79. The van der Waals surface area contributed by atoms with Gasteiger partial charge in [0, 0.05) is 11.8 Å². The van der Waals surface area contributed by atoms with E-state index in [4.69, 9.17) is 36.6 Å². The van der Waals surface area contributed by atoms with E-state index in [0.29, 0.717) is 10.1 Å². The number of para-hydroxylation sites is 1. The number of nitrogens with one attached hydrogen (secondary N) is 1. The third kappa shape index (κ3) is 4.26. The zero-order valence-corrected chi connectivity index (χ0v) is 18.5. The number of rotatable bonds is 6. The number of alkyl halides is 1. The van der Waals surface area contributed by atoms with Crippen LogP contribution in [0.5, 0.6) is 11.5 Å². The zero-order chi connectivity index (χ0) is 24.9. The summed E-state index contributed by atoms with van der Waals surface area (Å²) < 4.78 is 62.5. The largest absolute Gasteiger partial charge is 0.530 e. The monoisotopic (exact) mass is 505 g/mol. The number of methoxy groups -OCH3 is 1. The maximum atomic E-state index is 15.6. The topological polar surface area (TPSA) is 159 Å². The summed E-state index contributed by atoms with van der Waals surface area (Å²) in [4.78, 5) is 24.9. The van der Waals surface area contributed by atoms with E-state index in [-0.39, 0.29) is 24.4 Å². The van der Waals surface area contributed by atoms with Crippen LogP contribution in [0, 0.1) is 4.77 Å². The second-order valence-corrected chi connectivity index (χ2v) is 8.96. The Kier molecular flexibility index (Phi) is 5.91. The van der Waals surface area contributed by atoms with Crippen LogP contribution < -0.4 is 14.8 Å². The minimum Gasteiger partial charge on any atom is -0.493 e. The van der Waals surface area contributed by atoms with Gasteiger partial charge >= 0.3 is 7.82 Å². The Hall–Kier alpha value is -2.45. The Labute approximate surface area is 191 Å². The lowest BCUT2D eigenvalue weighted by Gasteiger charge is -2.29. The molecule has 1 aromatic carbocycles. The lowest BCUT2D eigenvalue weighted by molar-refractivity contribution is -0.205. The van der Waals surface area contributed by atoms with E-state index in [1.165, 1.54) is 13.2 Å². The molecule has 1 saturated heterocycles. The quantitative estimate of drug-likeness (QED) is 0.296. The van der Waals surface area contributed by atoms with Gasteiger partial charge in [-0.2, -0.15) is 0 Å². The van der Waals surface area contributed by atoms with Crippen molar-refractivity contribution in [1.82, 2.24) is 9.55 Å². The van der Waals surface area contributed by atoms with Crippen LogP contribution in [-0.2, 0) is 25.0 Å². The third-order valence-corrected chi connectivity index (χ3v) is 6.48. The number of hydrogen-bond acceptors (Lipinski definition) is 11. The summed E-state index contributed by atoms with van der Waals surface area (Å²) in [7, 11) is -3.09. The number of aldehydes is 1. The number of phosphoric acid groups is 1.